The van der Waals surface area contributed by atoms with Crippen LogP contribution in [0.2, 0.25) is 0 Å². The van der Waals surface area contributed by atoms with Gasteiger partial charge in [0.15, 0.2) is 0 Å². The van der Waals surface area contributed by atoms with Crippen LogP contribution in [0.1, 0.15) is 93.9 Å². The van der Waals surface area contributed by atoms with Crippen molar-refractivity contribution in [2.45, 2.75) is 83.7 Å². The molecule has 0 saturated heterocycles. The first-order valence-corrected chi connectivity index (χ1v) is 20.9. The highest BCUT2D eigenvalue weighted by molar-refractivity contribution is 7.44. The number of rotatable bonds is 18. The van der Waals surface area contributed by atoms with E-state index in [1.807, 2.05) is 48.5 Å². The van der Waals surface area contributed by atoms with Gasteiger partial charge in [-0.2, -0.15) is 5.26 Å². The summed E-state index contributed by atoms with van der Waals surface area (Å²) in [6, 6.07) is 35.4. The number of amides is 2. The van der Waals surface area contributed by atoms with Crippen LogP contribution >= 0.6 is 8.53 Å². The van der Waals surface area contributed by atoms with Gasteiger partial charge in [0.05, 0.1) is 25.7 Å². The molecule has 4 aromatic carbocycles. The maximum absolute atomic E-state index is 13.7. The summed E-state index contributed by atoms with van der Waals surface area (Å²) in [5.41, 5.74) is 11.7. The fourth-order valence-corrected chi connectivity index (χ4v) is 9.42. The number of carbonyl (C=O) groups excluding carboxylic acids is 2. The van der Waals surface area contributed by atoms with Crippen LogP contribution in [0.4, 0.5) is 9.59 Å². The third kappa shape index (κ3) is 9.77. The lowest BCUT2D eigenvalue weighted by atomic mass is 9.98. The zero-order valence-electron chi connectivity index (χ0n) is 32.9. The molecule has 10 nitrogen and oxygen atoms in total. The smallest absolute Gasteiger partial charge is 0.428 e. The molecular weight excluding hydrogens is 723 g/mol. The number of nitrogens with one attached hydrogen (secondary N) is 1. The van der Waals surface area contributed by atoms with E-state index in [-0.39, 0.29) is 43.7 Å². The van der Waals surface area contributed by atoms with Gasteiger partial charge in [0, 0.05) is 30.5 Å². The SMILES string of the molecule is CC(C)N(C(C)C)P(OCCC#N)OCCCCCCN(NC(=O)OCC1c2ccccc2-c2ccccc21)C(=O)OCC1c2ccccc2-c2ccccc21. The maximum Gasteiger partial charge on any atom is 0.428 e. The van der Waals surface area contributed by atoms with Crippen LogP contribution in [-0.4, -0.2) is 66.9 Å². The summed E-state index contributed by atoms with van der Waals surface area (Å²) in [4.78, 5) is 27.1. The monoisotopic (exact) mass is 776 g/mol. The minimum Gasteiger partial charge on any atom is -0.447 e. The average Bonchev–Trinajstić information content (AvgIpc) is 3.70. The fraction of sp³-hybridized carbons (Fsp3) is 0.400. The number of unbranched alkanes of at least 4 members (excludes halogenated alkanes) is 3. The van der Waals surface area contributed by atoms with Gasteiger partial charge in [0.1, 0.15) is 13.2 Å². The Bertz CT molecular complexity index is 1880. The van der Waals surface area contributed by atoms with E-state index < -0.39 is 20.7 Å². The van der Waals surface area contributed by atoms with Gasteiger partial charge in [-0.1, -0.05) is 110 Å². The van der Waals surface area contributed by atoms with Gasteiger partial charge in [-0.25, -0.2) is 24.7 Å². The predicted octanol–water partition coefficient (Wildman–Crippen LogP) is 10.5. The molecule has 0 radical (unpaired) electrons. The number of hydrogen-bond donors (Lipinski definition) is 1. The zero-order chi connectivity index (χ0) is 39.4. The van der Waals surface area contributed by atoms with E-state index in [1.54, 1.807) is 0 Å². The Kier molecular flexibility index (Phi) is 14.5. The van der Waals surface area contributed by atoms with E-state index >= 15 is 0 Å². The molecule has 11 heteroatoms. The van der Waals surface area contributed by atoms with Gasteiger partial charge in [-0.15, -0.1) is 0 Å². The first kappa shape index (κ1) is 40.9. The molecule has 0 aromatic heterocycles. The van der Waals surface area contributed by atoms with Crippen molar-refractivity contribution in [1.82, 2.24) is 15.1 Å². The van der Waals surface area contributed by atoms with E-state index in [0.717, 1.165) is 63.8 Å². The first-order valence-electron chi connectivity index (χ1n) is 19.7. The van der Waals surface area contributed by atoms with Crippen LogP contribution in [0.3, 0.4) is 0 Å². The molecular formula is C45H53N4O6P. The Morgan fingerprint density at radius 1 is 0.661 bits per heavy atom. The quantitative estimate of drug-likeness (QED) is 0.0604. The van der Waals surface area contributed by atoms with Crippen LogP contribution in [0.5, 0.6) is 0 Å². The molecule has 2 aliphatic carbocycles. The highest BCUT2D eigenvalue weighted by Crippen LogP contribution is 2.47. The Morgan fingerprint density at radius 2 is 1.11 bits per heavy atom. The molecule has 0 aliphatic heterocycles. The summed E-state index contributed by atoms with van der Waals surface area (Å²) in [5, 5.41) is 10.2. The first-order chi connectivity index (χ1) is 27.3. The summed E-state index contributed by atoms with van der Waals surface area (Å²) < 4.78 is 26.2. The van der Waals surface area contributed by atoms with E-state index in [0.29, 0.717) is 26.1 Å². The second-order valence-corrected chi connectivity index (χ2v) is 16.1. The van der Waals surface area contributed by atoms with Crippen molar-refractivity contribution >= 4 is 20.7 Å². The molecule has 1 atom stereocenters. The maximum atomic E-state index is 13.7. The van der Waals surface area contributed by atoms with Gasteiger partial charge in [-0.05, 0) is 85.0 Å². The highest BCUT2D eigenvalue weighted by Gasteiger charge is 2.32. The molecule has 0 heterocycles. The van der Waals surface area contributed by atoms with Crippen LogP contribution in [0, 0.1) is 11.3 Å². The summed E-state index contributed by atoms with van der Waals surface area (Å²) in [6.45, 7) is 9.83. The number of hydrazine groups is 1. The molecule has 294 valence electrons. The molecule has 6 rings (SSSR count). The molecule has 0 fully saturated rings. The molecule has 0 spiro atoms. The summed E-state index contributed by atoms with van der Waals surface area (Å²) in [6.07, 6.45) is 2.06. The van der Waals surface area contributed by atoms with E-state index in [9.17, 15) is 9.59 Å². The van der Waals surface area contributed by atoms with Crippen LogP contribution in [0.25, 0.3) is 22.3 Å². The van der Waals surface area contributed by atoms with Crippen molar-refractivity contribution in [3.63, 3.8) is 0 Å². The number of carbonyl (C=O) groups is 2. The highest BCUT2D eigenvalue weighted by atomic mass is 31.2. The number of benzene rings is 4. The van der Waals surface area contributed by atoms with Crippen molar-refractivity contribution < 1.29 is 28.1 Å². The standard InChI is InChI=1S/C45H53N4O6P/c1-32(2)49(33(3)4)56(55-29-17-26-46)54-28-16-6-5-15-27-48(45(51)53-31-43-40-24-13-9-20-36(40)37-21-10-14-25-41(37)43)47-44(50)52-30-42-38-22-11-7-18-34(38)35-19-8-12-23-39(35)42/h7-14,18-25,32-33,42-43H,5-6,15-17,27-31H2,1-4H3,(H,47,50). The third-order valence-corrected chi connectivity index (χ3v) is 12.4. The minimum absolute atomic E-state index is 0.107. The van der Waals surface area contributed by atoms with Gasteiger partial charge in [-0.3, -0.25) is 0 Å². The van der Waals surface area contributed by atoms with Crippen LogP contribution < -0.4 is 5.43 Å². The lowest BCUT2D eigenvalue weighted by Crippen LogP contribution is -2.47. The molecule has 1 unspecified atom stereocenters. The largest absolute Gasteiger partial charge is 0.447 e. The van der Waals surface area contributed by atoms with Crippen molar-refractivity contribution in [3.05, 3.63) is 119 Å². The van der Waals surface area contributed by atoms with Crippen LogP contribution in [0.15, 0.2) is 97.1 Å². The van der Waals surface area contributed by atoms with Crippen molar-refractivity contribution in [2.24, 2.45) is 0 Å². The second-order valence-electron chi connectivity index (χ2n) is 14.7. The summed E-state index contributed by atoms with van der Waals surface area (Å²) >= 11 is 0. The normalized spacial score (nSPS) is 13.5. The molecule has 2 aliphatic rings. The average molecular weight is 777 g/mol. The molecule has 56 heavy (non-hydrogen) atoms. The molecule has 2 amide bonds. The third-order valence-electron chi connectivity index (χ3n) is 10.3. The van der Waals surface area contributed by atoms with Crippen molar-refractivity contribution in [3.8, 4) is 28.3 Å². The molecule has 1 N–H and O–H groups in total. The topological polar surface area (TPSA) is 113 Å². The van der Waals surface area contributed by atoms with E-state index in [4.69, 9.17) is 23.8 Å². The molecule has 0 bridgehead atoms. The number of nitrogens with zero attached hydrogens (tertiary/aromatic N) is 3. The Morgan fingerprint density at radius 3 is 1.59 bits per heavy atom. The number of hydrogen-bond acceptors (Lipinski definition) is 8. The fourth-order valence-electron chi connectivity index (χ4n) is 7.79. The van der Waals surface area contributed by atoms with Crippen molar-refractivity contribution in [2.75, 3.05) is 33.0 Å². The van der Waals surface area contributed by atoms with Crippen LogP contribution in [-0.2, 0) is 18.5 Å². The van der Waals surface area contributed by atoms with E-state index in [1.165, 1.54) is 5.01 Å². The lowest BCUT2D eigenvalue weighted by molar-refractivity contribution is 0.0671. The second kappa shape index (κ2) is 19.9. The Balaban J connectivity index is 1.06. The predicted molar refractivity (Wildman–Crippen MR) is 220 cm³/mol. The van der Waals surface area contributed by atoms with Gasteiger partial charge < -0.3 is 18.5 Å². The Labute approximate surface area is 332 Å². The van der Waals surface area contributed by atoms with Gasteiger partial charge in [0.25, 0.3) is 8.53 Å². The summed E-state index contributed by atoms with van der Waals surface area (Å²) in [5.74, 6) is -0.219. The van der Waals surface area contributed by atoms with Gasteiger partial charge in [0.2, 0.25) is 0 Å². The molecule has 0 saturated carbocycles. The summed E-state index contributed by atoms with van der Waals surface area (Å²) in [7, 11) is -1.29. The Hall–Kier alpha value is -4.78. The van der Waals surface area contributed by atoms with Gasteiger partial charge >= 0.3 is 12.2 Å². The number of fused-ring (bicyclic) bond motifs is 6. The van der Waals surface area contributed by atoms with E-state index in [2.05, 4.69) is 92.4 Å². The minimum atomic E-state index is -1.29. The zero-order valence-corrected chi connectivity index (χ0v) is 33.8. The number of ether oxygens (including phenoxy) is 2. The molecule has 4 aromatic rings. The lowest BCUT2D eigenvalue weighted by Gasteiger charge is -2.35. The van der Waals surface area contributed by atoms with Crippen molar-refractivity contribution in [1.29, 1.82) is 5.26 Å². The number of nitriles is 1.